The normalized spacial score (nSPS) is 35.1. The van der Waals surface area contributed by atoms with Crippen LogP contribution in [0.15, 0.2) is 0 Å². The van der Waals surface area contributed by atoms with Gasteiger partial charge in [-0.25, -0.2) is 0 Å². The fraction of sp³-hybridized carbons (Fsp3) is 1.00. The van der Waals surface area contributed by atoms with Crippen molar-refractivity contribution in [1.82, 2.24) is 5.32 Å². The van der Waals surface area contributed by atoms with Crippen LogP contribution in [0.3, 0.4) is 0 Å². The summed E-state index contributed by atoms with van der Waals surface area (Å²) >= 11 is 0. The third-order valence-corrected chi connectivity index (χ3v) is 4.90. The summed E-state index contributed by atoms with van der Waals surface area (Å²) in [7, 11) is 0. The van der Waals surface area contributed by atoms with E-state index in [1.165, 1.54) is 25.7 Å². The van der Waals surface area contributed by atoms with Gasteiger partial charge >= 0.3 is 0 Å². The van der Waals surface area contributed by atoms with Crippen LogP contribution >= 0.6 is 0 Å². The van der Waals surface area contributed by atoms with Crippen molar-refractivity contribution in [3.8, 4) is 0 Å². The van der Waals surface area contributed by atoms with Crippen molar-refractivity contribution in [2.45, 2.75) is 65.1 Å². The topological polar surface area (TPSA) is 41.5 Å². The van der Waals surface area contributed by atoms with E-state index in [2.05, 4.69) is 26.1 Å². The van der Waals surface area contributed by atoms with Gasteiger partial charge in [-0.05, 0) is 43.1 Å². The Balaban J connectivity index is 1.51. The van der Waals surface area contributed by atoms with E-state index >= 15 is 0 Å². The highest BCUT2D eigenvalue weighted by molar-refractivity contribution is 4.96. The van der Waals surface area contributed by atoms with Crippen LogP contribution in [0.25, 0.3) is 0 Å². The summed E-state index contributed by atoms with van der Waals surface area (Å²) < 4.78 is 5.84. The Bertz CT molecular complexity index is 280. The van der Waals surface area contributed by atoms with Crippen molar-refractivity contribution in [2.75, 3.05) is 19.7 Å². The van der Waals surface area contributed by atoms with E-state index in [0.717, 1.165) is 24.8 Å². The lowest BCUT2D eigenvalue weighted by Gasteiger charge is -2.27. The number of aliphatic hydroxyl groups excluding tert-OH is 1. The van der Waals surface area contributed by atoms with Gasteiger partial charge < -0.3 is 15.2 Å². The highest BCUT2D eigenvalue weighted by Crippen LogP contribution is 2.50. The van der Waals surface area contributed by atoms with E-state index in [1.807, 2.05) is 0 Å². The first-order chi connectivity index (χ1) is 8.97. The van der Waals surface area contributed by atoms with E-state index in [0.29, 0.717) is 24.7 Å². The summed E-state index contributed by atoms with van der Waals surface area (Å²) in [5.74, 6) is 1.57. The molecule has 3 nitrogen and oxygen atoms in total. The Labute approximate surface area is 118 Å². The van der Waals surface area contributed by atoms with Crippen LogP contribution in [0, 0.1) is 17.3 Å². The molecule has 0 spiro atoms. The molecule has 112 valence electrons. The Morgan fingerprint density at radius 3 is 2.74 bits per heavy atom. The average Bonchev–Trinajstić information content (AvgIpc) is 2.95. The highest BCUT2D eigenvalue weighted by Gasteiger charge is 2.44. The minimum atomic E-state index is -0.362. The van der Waals surface area contributed by atoms with Gasteiger partial charge in [0.25, 0.3) is 0 Å². The number of rotatable bonds is 7. The molecule has 0 aromatic carbocycles. The van der Waals surface area contributed by atoms with Gasteiger partial charge in [0, 0.05) is 6.54 Å². The minimum absolute atomic E-state index is 0.362. The zero-order valence-electron chi connectivity index (χ0n) is 12.8. The lowest BCUT2D eigenvalue weighted by atomic mass is 9.89. The molecule has 0 aliphatic heterocycles. The van der Waals surface area contributed by atoms with Crippen LogP contribution in [0.4, 0.5) is 0 Å². The van der Waals surface area contributed by atoms with E-state index in [9.17, 15) is 5.11 Å². The first-order valence-electron chi connectivity index (χ1n) is 7.98. The fourth-order valence-electron chi connectivity index (χ4n) is 3.18. The molecular formula is C16H31NO2. The molecule has 0 radical (unpaired) electrons. The maximum Gasteiger partial charge on any atom is 0.0897 e. The summed E-state index contributed by atoms with van der Waals surface area (Å²) in [4.78, 5) is 0. The van der Waals surface area contributed by atoms with Gasteiger partial charge in [0.05, 0.1) is 18.8 Å². The fourth-order valence-corrected chi connectivity index (χ4v) is 3.18. The molecular weight excluding hydrogens is 238 g/mol. The van der Waals surface area contributed by atoms with E-state index in [-0.39, 0.29) is 6.10 Å². The molecule has 2 aliphatic carbocycles. The Hall–Kier alpha value is -0.120. The lowest BCUT2D eigenvalue weighted by Crippen LogP contribution is -2.34. The zero-order chi connectivity index (χ0) is 13.9. The predicted octanol–water partition coefficient (Wildman–Crippen LogP) is 2.58. The molecule has 2 saturated carbocycles. The molecule has 0 amide bonds. The average molecular weight is 269 g/mol. The highest BCUT2D eigenvalue weighted by atomic mass is 16.5. The Morgan fingerprint density at radius 2 is 2.11 bits per heavy atom. The monoisotopic (exact) mass is 269 g/mol. The van der Waals surface area contributed by atoms with Crippen molar-refractivity contribution >= 4 is 0 Å². The summed E-state index contributed by atoms with van der Waals surface area (Å²) in [5, 5.41) is 13.3. The van der Waals surface area contributed by atoms with Crippen molar-refractivity contribution < 1.29 is 9.84 Å². The van der Waals surface area contributed by atoms with Gasteiger partial charge in [-0.15, -0.1) is 0 Å². The number of ether oxygens (including phenoxy) is 1. The summed E-state index contributed by atoms with van der Waals surface area (Å²) in [6, 6.07) is 0. The summed E-state index contributed by atoms with van der Waals surface area (Å²) in [5.41, 5.74) is 0.521. The van der Waals surface area contributed by atoms with Crippen molar-refractivity contribution in [3.05, 3.63) is 0 Å². The van der Waals surface area contributed by atoms with Gasteiger partial charge in [0.2, 0.25) is 0 Å². The van der Waals surface area contributed by atoms with Gasteiger partial charge in [0.15, 0.2) is 0 Å². The van der Waals surface area contributed by atoms with E-state index in [1.54, 1.807) is 0 Å². The molecule has 0 bridgehead atoms. The number of aliphatic hydroxyl groups is 1. The van der Waals surface area contributed by atoms with Gasteiger partial charge in [-0.1, -0.05) is 33.6 Å². The third-order valence-electron chi connectivity index (χ3n) is 4.90. The SMILES string of the molecule is CC1CCCC(OCC(O)CNCC2CC2(C)C)C1. The van der Waals surface area contributed by atoms with Crippen LogP contribution in [-0.4, -0.2) is 37.0 Å². The maximum atomic E-state index is 9.92. The Kier molecular flexibility index (Phi) is 5.27. The number of nitrogens with one attached hydrogen (secondary N) is 1. The first-order valence-corrected chi connectivity index (χ1v) is 7.98. The van der Waals surface area contributed by atoms with Crippen LogP contribution in [0.2, 0.25) is 0 Å². The molecule has 3 heteroatoms. The largest absolute Gasteiger partial charge is 0.389 e. The maximum absolute atomic E-state index is 9.92. The molecule has 2 aliphatic rings. The van der Waals surface area contributed by atoms with Crippen LogP contribution in [0.5, 0.6) is 0 Å². The van der Waals surface area contributed by atoms with Crippen LogP contribution < -0.4 is 5.32 Å². The molecule has 2 N–H and O–H groups in total. The smallest absolute Gasteiger partial charge is 0.0897 e. The standard InChI is InChI=1S/C16H31NO2/c1-12-5-4-6-15(7-12)19-11-14(18)10-17-9-13-8-16(13,2)3/h12-15,17-18H,4-11H2,1-3H3. The molecule has 0 aromatic rings. The van der Waals surface area contributed by atoms with Crippen molar-refractivity contribution in [2.24, 2.45) is 17.3 Å². The molecule has 0 saturated heterocycles. The van der Waals surface area contributed by atoms with Gasteiger partial charge in [-0.3, -0.25) is 0 Å². The molecule has 4 unspecified atom stereocenters. The lowest BCUT2D eigenvalue weighted by molar-refractivity contribution is -0.0306. The second-order valence-electron chi connectivity index (χ2n) is 7.43. The second kappa shape index (κ2) is 6.55. The number of hydrogen-bond donors (Lipinski definition) is 2. The molecule has 2 rings (SSSR count). The second-order valence-corrected chi connectivity index (χ2v) is 7.43. The van der Waals surface area contributed by atoms with Gasteiger partial charge in [-0.2, -0.15) is 0 Å². The van der Waals surface area contributed by atoms with E-state index in [4.69, 9.17) is 4.74 Å². The first kappa shape index (κ1) is 15.3. The molecule has 0 aromatic heterocycles. The number of hydrogen-bond acceptors (Lipinski definition) is 3. The zero-order valence-corrected chi connectivity index (χ0v) is 12.8. The molecule has 2 fully saturated rings. The summed E-state index contributed by atoms with van der Waals surface area (Å²) in [6.45, 7) is 9.09. The van der Waals surface area contributed by atoms with Crippen molar-refractivity contribution in [1.29, 1.82) is 0 Å². The molecule has 19 heavy (non-hydrogen) atoms. The quantitative estimate of drug-likeness (QED) is 0.746. The van der Waals surface area contributed by atoms with E-state index < -0.39 is 0 Å². The molecule has 4 atom stereocenters. The summed E-state index contributed by atoms with van der Waals surface area (Å²) in [6.07, 6.45) is 6.27. The molecule has 0 heterocycles. The minimum Gasteiger partial charge on any atom is -0.389 e. The Morgan fingerprint density at radius 1 is 1.37 bits per heavy atom. The van der Waals surface area contributed by atoms with Crippen LogP contribution in [-0.2, 0) is 4.74 Å². The van der Waals surface area contributed by atoms with Crippen molar-refractivity contribution in [3.63, 3.8) is 0 Å². The van der Waals surface area contributed by atoms with Gasteiger partial charge in [0.1, 0.15) is 0 Å². The third kappa shape index (κ3) is 5.05. The predicted molar refractivity (Wildman–Crippen MR) is 78.1 cm³/mol. The van der Waals surface area contributed by atoms with Crippen LogP contribution in [0.1, 0.15) is 52.9 Å².